The summed E-state index contributed by atoms with van der Waals surface area (Å²) in [5.41, 5.74) is 0.921. The van der Waals surface area contributed by atoms with Crippen LogP contribution in [0.2, 0.25) is 0 Å². The summed E-state index contributed by atoms with van der Waals surface area (Å²) >= 11 is 0. The van der Waals surface area contributed by atoms with Crippen molar-refractivity contribution < 1.29 is 18.7 Å². The molecule has 0 N–H and O–H groups in total. The number of likely N-dealkylation sites (tertiary alicyclic amines) is 1. The van der Waals surface area contributed by atoms with Gasteiger partial charge in [-0.3, -0.25) is 14.5 Å². The Morgan fingerprint density at radius 1 is 1.03 bits per heavy atom. The molecular formula is C23H29N3O5. The first-order valence-electron chi connectivity index (χ1n) is 10.8. The van der Waals surface area contributed by atoms with Gasteiger partial charge in [0.05, 0.1) is 13.7 Å². The standard InChI is InChI=1S/C23H29N3O5/c1-29-19-6-4-18(5-7-19)25-12-10-24(11-13-25)15-20-14-21(27)22(16-30-20)31-17-23(28)26-8-2-3-9-26/h4-7,14,16H,2-3,8-13,15,17H2,1H3. The molecule has 0 atom stereocenters. The molecule has 0 spiro atoms. The van der Waals surface area contributed by atoms with Crippen molar-refractivity contribution in [1.82, 2.24) is 9.80 Å². The molecule has 166 valence electrons. The molecule has 1 amide bonds. The zero-order valence-electron chi connectivity index (χ0n) is 17.9. The van der Waals surface area contributed by atoms with Gasteiger partial charge in [-0.25, -0.2) is 0 Å². The fourth-order valence-electron chi connectivity index (χ4n) is 4.00. The van der Waals surface area contributed by atoms with Crippen molar-refractivity contribution in [3.63, 3.8) is 0 Å². The summed E-state index contributed by atoms with van der Waals surface area (Å²) in [6, 6.07) is 9.55. The minimum atomic E-state index is -0.257. The minimum absolute atomic E-state index is 0.0839. The summed E-state index contributed by atoms with van der Waals surface area (Å²) in [5, 5.41) is 0. The molecule has 0 radical (unpaired) electrons. The molecule has 2 fully saturated rings. The van der Waals surface area contributed by atoms with Gasteiger partial charge in [-0.2, -0.15) is 0 Å². The summed E-state index contributed by atoms with van der Waals surface area (Å²) in [7, 11) is 1.67. The van der Waals surface area contributed by atoms with Crippen molar-refractivity contribution in [2.75, 3.05) is 57.9 Å². The van der Waals surface area contributed by atoms with Gasteiger partial charge in [-0.1, -0.05) is 0 Å². The number of piperazine rings is 1. The average Bonchev–Trinajstić information content (AvgIpc) is 3.34. The van der Waals surface area contributed by atoms with Crippen LogP contribution < -0.4 is 19.8 Å². The van der Waals surface area contributed by atoms with Crippen molar-refractivity contribution in [2.45, 2.75) is 19.4 Å². The van der Waals surface area contributed by atoms with Gasteiger partial charge in [0.25, 0.3) is 5.91 Å². The smallest absolute Gasteiger partial charge is 0.260 e. The number of carbonyl (C=O) groups excluding carboxylic acids is 1. The molecule has 2 aliphatic rings. The lowest BCUT2D eigenvalue weighted by Gasteiger charge is -2.35. The van der Waals surface area contributed by atoms with Crippen LogP contribution in [0.4, 0.5) is 5.69 Å². The Balaban J connectivity index is 1.26. The third-order valence-corrected chi connectivity index (χ3v) is 5.85. The Labute approximate surface area is 181 Å². The van der Waals surface area contributed by atoms with E-state index >= 15 is 0 Å². The Hall–Kier alpha value is -3.00. The van der Waals surface area contributed by atoms with E-state index in [0.29, 0.717) is 12.3 Å². The minimum Gasteiger partial charge on any atom is -0.497 e. The second-order valence-electron chi connectivity index (χ2n) is 7.91. The van der Waals surface area contributed by atoms with E-state index < -0.39 is 0 Å². The van der Waals surface area contributed by atoms with Crippen molar-refractivity contribution in [1.29, 1.82) is 0 Å². The van der Waals surface area contributed by atoms with Crippen LogP contribution in [0, 0.1) is 0 Å². The second kappa shape index (κ2) is 9.87. The molecular weight excluding hydrogens is 398 g/mol. The van der Waals surface area contributed by atoms with Gasteiger partial charge in [-0.15, -0.1) is 0 Å². The molecule has 0 aliphatic carbocycles. The third-order valence-electron chi connectivity index (χ3n) is 5.85. The van der Waals surface area contributed by atoms with E-state index in [4.69, 9.17) is 13.9 Å². The Morgan fingerprint density at radius 3 is 2.39 bits per heavy atom. The highest BCUT2D eigenvalue weighted by atomic mass is 16.5. The summed E-state index contributed by atoms with van der Waals surface area (Å²) < 4.78 is 16.2. The number of amides is 1. The van der Waals surface area contributed by atoms with Crippen LogP contribution in [0.5, 0.6) is 11.5 Å². The number of anilines is 1. The summed E-state index contributed by atoms with van der Waals surface area (Å²) in [6.45, 7) is 5.52. The Morgan fingerprint density at radius 2 is 1.74 bits per heavy atom. The highest BCUT2D eigenvalue weighted by Crippen LogP contribution is 2.21. The maximum atomic E-state index is 12.4. The van der Waals surface area contributed by atoms with Gasteiger partial charge in [0, 0.05) is 51.0 Å². The highest BCUT2D eigenvalue weighted by Gasteiger charge is 2.20. The fraction of sp³-hybridized carbons (Fsp3) is 0.478. The number of benzene rings is 1. The Bertz CT molecular complexity index is 929. The van der Waals surface area contributed by atoms with Crippen molar-refractivity contribution in [2.24, 2.45) is 0 Å². The monoisotopic (exact) mass is 427 g/mol. The van der Waals surface area contributed by atoms with E-state index in [9.17, 15) is 9.59 Å². The normalized spacial score (nSPS) is 17.1. The van der Waals surface area contributed by atoms with Crippen LogP contribution in [0.25, 0.3) is 0 Å². The second-order valence-corrected chi connectivity index (χ2v) is 7.91. The molecule has 8 heteroatoms. The van der Waals surface area contributed by atoms with E-state index in [-0.39, 0.29) is 23.7 Å². The highest BCUT2D eigenvalue weighted by molar-refractivity contribution is 5.78. The number of nitrogens with zero attached hydrogens (tertiary/aromatic N) is 3. The molecule has 0 bridgehead atoms. The molecule has 2 aromatic rings. The van der Waals surface area contributed by atoms with Crippen LogP contribution in [0.15, 0.2) is 45.8 Å². The van der Waals surface area contributed by atoms with Gasteiger partial charge in [0.15, 0.2) is 6.61 Å². The molecule has 1 aromatic carbocycles. The van der Waals surface area contributed by atoms with Gasteiger partial charge < -0.3 is 23.7 Å². The summed E-state index contributed by atoms with van der Waals surface area (Å²) in [4.78, 5) is 30.8. The number of hydrogen-bond acceptors (Lipinski definition) is 7. The van der Waals surface area contributed by atoms with E-state index in [1.807, 2.05) is 12.1 Å². The largest absolute Gasteiger partial charge is 0.497 e. The molecule has 4 rings (SSSR count). The van der Waals surface area contributed by atoms with Crippen LogP contribution >= 0.6 is 0 Å². The Kier molecular flexibility index (Phi) is 6.76. The van der Waals surface area contributed by atoms with E-state index in [1.54, 1.807) is 12.0 Å². The SMILES string of the molecule is COc1ccc(N2CCN(Cc3cc(=O)c(OCC(=O)N4CCCC4)co3)CC2)cc1. The van der Waals surface area contributed by atoms with Gasteiger partial charge in [-0.05, 0) is 37.1 Å². The summed E-state index contributed by atoms with van der Waals surface area (Å²) in [6.07, 6.45) is 3.37. The third kappa shape index (κ3) is 5.38. The summed E-state index contributed by atoms with van der Waals surface area (Å²) in [5.74, 6) is 1.45. The average molecular weight is 428 g/mol. The van der Waals surface area contributed by atoms with Crippen molar-refractivity contribution >= 4 is 11.6 Å². The quantitative estimate of drug-likeness (QED) is 0.669. The number of methoxy groups -OCH3 is 1. The predicted octanol–water partition coefficient (Wildman–Crippen LogP) is 1.97. The molecule has 2 saturated heterocycles. The van der Waals surface area contributed by atoms with Crippen LogP contribution in [0.1, 0.15) is 18.6 Å². The molecule has 3 heterocycles. The molecule has 2 aliphatic heterocycles. The zero-order chi connectivity index (χ0) is 21.6. The fourth-order valence-corrected chi connectivity index (χ4v) is 4.00. The lowest BCUT2D eigenvalue weighted by atomic mass is 10.2. The maximum absolute atomic E-state index is 12.4. The lowest BCUT2D eigenvalue weighted by Crippen LogP contribution is -2.46. The van der Waals surface area contributed by atoms with Crippen LogP contribution in [0.3, 0.4) is 0 Å². The molecule has 1 aromatic heterocycles. The molecule has 8 nitrogen and oxygen atoms in total. The molecule has 0 saturated carbocycles. The first-order valence-corrected chi connectivity index (χ1v) is 10.8. The van der Waals surface area contributed by atoms with Gasteiger partial charge in [0.2, 0.25) is 11.2 Å². The first-order chi connectivity index (χ1) is 15.1. The first kappa shape index (κ1) is 21.2. The van der Waals surface area contributed by atoms with Gasteiger partial charge in [0.1, 0.15) is 17.8 Å². The topological polar surface area (TPSA) is 75.5 Å². The van der Waals surface area contributed by atoms with E-state index in [0.717, 1.165) is 57.9 Å². The number of rotatable bonds is 7. The number of hydrogen-bond donors (Lipinski definition) is 0. The van der Waals surface area contributed by atoms with Gasteiger partial charge >= 0.3 is 0 Å². The number of carbonyl (C=O) groups is 1. The maximum Gasteiger partial charge on any atom is 0.260 e. The van der Waals surface area contributed by atoms with E-state index in [2.05, 4.69) is 21.9 Å². The number of ether oxygens (including phenoxy) is 2. The predicted molar refractivity (Wildman–Crippen MR) is 117 cm³/mol. The van der Waals surface area contributed by atoms with E-state index in [1.165, 1.54) is 18.0 Å². The van der Waals surface area contributed by atoms with Crippen LogP contribution in [-0.4, -0.2) is 68.7 Å². The van der Waals surface area contributed by atoms with Crippen LogP contribution in [-0.2, 0) is 11.3 Å². The molecule has 0 unspecified atom stereocenters. The lowest BCUT2D eigenvalue weighted by molar-refractivity contribution is -0.132. The molecule has 31 heavy (non-hydrogen) atoms. The van der Waals surface area contributed by atoms with Crippen molar-refractivity contribution in [3.05, 3.63) is 52.6 Å². The zero-order valence-corrected chi connectivity index (χ0v) is 17.9. The van der Waals surface area contributed by atoms with Crippen molar-refractivity contribution in [3.8, 4) is 11.5 Å².